The molecule has 0 aliphatic heterocycles. The van der Waals surface area contributed by atoms with Gasteiger partial charge in [-0.25, -0.2) is 0 Å². The lowest BCUT2D eigenvalue weighted by Crippen LogP contribution is -2.11. The summed E-state index contributed by atoms with van der Waals surface area (Å²) in [5.41, 5.74) is 4.50. The predicted octanol–water partition coefficient (Wildman–Crippen LogP) is 2.74. The van der Waals surface area contributed by atoms with Crippen LogP contribution in [0.2, 0.25) is 0 Å². The van der Waals surface area contributed by atoms with Gasteiger partial charge in [-0.05, 0) is 54.5 Å². The highest BCUT2D eigenvalue weighted by Crippen LogP contribution is 2.17. The van der Waals surface area contributed by atoms with Crippen LogP contribution in [0.15, 0.2) is 42.5 Å². The molecule has 6 heteroatoms. The molecule has 0 aliphatic carbocycles. The largest absolute Gasteiger partial charge is 0.322 e. The van der Waals surface area contributed by atoms with Gasteiger partial charge in [0.15, 0.2) is 0 Å². The zero-order chi connectivity index (χ0) is 15.5. The Morgan fingerprint density at radius 3 is 2.45 bits per heavy atom. The standard InChI is InChI=1S/C16H15N5O/c1-10-3-8-14(9-11(10)2)17-16(22)13-6-4-12(5-7-13)15-18-20-21-19-15/h3-9H,1-2H3,(H,17,22)(H,18,19,20,21). The topological polar surface area (TPSA) is 83.6 Å². The second-order valence-corrected chi connectivity index (χ2v) is 5.07. The Kier molecular flexibility index (Phi) is 3.65. The van der Waals surface area contributed by atoms with Crippen LogP contribution in [0.25, 0.3) is 11.4 Å². The normalized spacial score (nSPS) is 10.5. The SMILES string of the molecule is Cc1ccc(NC(=O)c2ccc(-c3nn[nH]n3)cc2)cc1C. The van der Waals surface area contributed by atoms with E-state index < -0.39 is 0 Å². The van der Waals surface area contributed by atoms with Crippen molar-refractivity contribution in [3.8, 4) is 11.4 Å². The number of carbonyl (C=O) groups is 1. The molecule has 3 aromatic rings. The third-order valence-electron chi connectivity index (χ3n) is 3.52. The first-order chi connectivity index (χ1) is 10.6. The summed E-state index contributed by atoms with van der Waals surface area (Å²) in [4.78, 5) is 12.2. The molecule has 22 heavy (non-hydrogen) atoms. The van der Waals surface area contributed by atoms with Gasteiger partial charge in [0, 0.05) is 16.8 Å². The summed E-state index contributed by atoms with van der Waals surface area (Å²) in [5, 5.41) is 16.6. The van der Waals surface area contributed by atoms with E-state index in [1.54, 1.807) is 24.3 Å². The number of anilines is 1. The lowest BCUT2D eigenvalue weighted by Gasteiger charge is -2.08. The lowest BCUT2D eigenvalue weighted by atomic mass is 10.1. The Morgan fingerprint density at radius 2 is 1.82 bits per heavy atom. The third-order valence-corrected chi connectivity index (χ3v) is 3.52. The summed E-state index contributed by atoms with van der Waals surface area (Å²) in [6.45, 7) is 4.06. The van der Waals surface area contributed by atoms with E-state index in [1.165, 1.54) is 5.56 Å². The van der Waals surface area contributed by atoms with Gasteiger partial charge in [-0.1, -0.05) is 18.2 Å². The number of aryl methyl sites for hydroxylation is 2. The molecule has 0 bridgehead atoms. The number of rotatable bonds is 3. The van der Waals surface area contributed by atoms with Crippen LogP contribution in [0.1, 0.15) is 21.5 Å². The number of aromatic nitrogens is 4. The van der Waals surface area contributed by atoms with Crippen molar-refractivity contribution in [3.05, 3.63) is 59.2 Å². The van der Waals surface area contributed by atoms with Crippen molar-refractivity contribution in [2.24, 2.45) is 0 Å². The molecule has 1 amide bonds. The molecule has 0 radical (unpaired) electrons. The van der Waals surface area contributed by atoms with Gasteiger partial charge in [0.25, 0.3) is 5.91 Å². The first-order valence-corrected chi connectivity index (χ1v) is 6.86. The molecule has 0 saturated carbocycles. The highest BCUT2D eigenvalue weighted by atomic mass is 16.1. The van der Waals surface area contributed by atoms with Crippen LogP contribution in [0, 0.1) is 13.8 Å². The maximum Gasteiger partial charge on any atom is 0.255 e. The number of amides is 1. The van der Waals surface area contributed by atoms with Crippen molar-refractivity contribution in [1.82, 2.24) is 20.6 Å². The number of hydrogen-bond donors (Lipinski definition) is 2. The number of hydrogen-bond acceptors (Lipinski definition) is 4. The van der Waals surface area contributed by atoms with Gasteiger partial charge in [-0.15, -0.1) is 10.2 Å². The van der Waals surface area contributed by atoms with Crippen LogP contribution >= 0.6 is 0 Å². The fourth-order valence-corrected chi connectivity index (χ4v) is 2.08. The van der Waals surface area contributed by atoms with Gasteiger partial charge < -0.3 is 5.32 Å². The molecule has 2 aromatic carbocycles. The first-order valence-electron chi connectivity index (χ1n) is 6.86. The fourth-order valence-electron chi connectivity index (χ4n) is 2.08. The highest BCUT2D eigenvalue weighted by Gasteiger charge is 2.08. The number of nitrogens with zero attached hydrogens (tertiary/aromatic N) is 3. The molecular formula is C16H15N5O. The van der Waals surface area contributed by atoms with Gasteiger partial charge in [0.05, 0.1) is 0 Å². The molecular weight excluding hydrogens is 278 g/mol. The van der Waals surface area contributed by atoms with Gasteiger partial charge in [0.1, 0.15) is 0 Å². The van der Waals surface area contributed by atoms with E-state index in [-0.39, 0.29) is 5.91 Å². The minimum Gasteiger partial charge on any atom is -0.322 e. The molecule has 1 aromatic heterocycles. The van der Waals surface area contributed by atoms with Gasteiger partial charge in [-0.2, -0.15) is 5.21 Å². The molecule has 0 aliphatic rings. The number of nitrogens with one attached hydrogen (secondary N) is 2. The zero-order valence-electron chi connectivity index (χ0n) is 12.3. The van der Waals surface area contributed by atoms with Gasteiger partial charge in [0.2, 0.25) is 5.82 Å². The van der Waals surface area contributed by atoms with E-state index in [1.807, 2.05) is 32.0 Å². The molecule has 2 N–H and O–H groups in total. The van der Waals surface area contributed by atoms with Crippen molar-refractivity contribution in [2.45, 2.75) is 13.8 Å². The van der Waals surface area contributed by atoms with E-state index in [9.17, 15) is 4.79 Å². The number of H-pyrrole nitrogens is 1. The second-order valence-electron chi connectivity index (χ2n) is 5.07. The van der Waals surface area contributed by atoms with E-state index >= 15 is 0 Å². The van der Waals surface area contributed by atoms with Crippen molar-refractivity contribution in [1.29, 1.82) is 0 Å². The van der Waals surface area contributed by atoms with E-state index in [2.05, 4.69) is 25.9 Å². The van der Waals surface area contributed by atoms with Crippen LogP contribution in [-0.4, -0.2) is 26.5 Å². The zero-order valence-corrected chi connectivity index (χ0v) is 12.3. The van der Waals surface area contributed by atoms with Crippen LogP contribution in [0.3, 0.4) is 0 Å². The van der Waals surface area contributed by atoms with Crippen molar-refractivity contribution in [2.75, 3.05) is 5.32 Å². The van der Waals surface area contributed by atoms with E-state index in [0.717, 1.165) is 16.8 Å². The molecule has 0 saturated heterocycles. The quantitative estimate of drug-likeness (QED) is 0.777. The lowest BCUT2D eigenvalue weighted by molar-refractivity contribution is 0.102. The van der Waals surface area contributed by atoms with Crippen LogP contribution in [0.5, 0.6) is 0 Å². The van der Waals surface area contributed by atoms with Crippen LogP contribution < -0.4 is 5.32 Å². The Bertz CT molecular complexity index is 794. The van der Waals surface area contributed by atoms with Crippen molar-refractivity contribution < 1.29 is 4.79 Å². The maximum absolute atomic E-state index is 12.2. The summed E-state index contributed by atoms with van der Waals surface area (Å²) in [7, 11) is 0. The average molecular weight is 293 g/mol. The smallest absolute Gasteiger partial charge is 0.255 e. The van der Waals surface area contributed by atoms with E-state index in [0.29, 0.717) is 11.4 Å². The summed E-state index contributed by atoms with van der Waals surface area (Å²) in [6, 6.07) is 12.9. The average Bonchev–Trinajstić information content (AvgIpc) is 3.05. The number of tetrazole rings is 1. The summed E-state index contributed by atoms with van der Waals surface area (Å²) < 4.78 is 0. The maximum atomic E-state index is 12.2. The molecule has 110 valence electrons. The molecule has 3 rings (SSSR count). The molecule has 0 fully saturated rings. The number of benzene rings is 2. The Labute approximate surface area is 127 Å². The summed E-state index contributed by atoms with van der Waals surface area (Å²) in [6.07, 6.45) is 0. The minimum absolute atomic E-state index is 0.150. The number of carbonyl (C=O) groups excluding carboxylic acids is 1. The Hall–Kier alpha value is -3.02. The highest BCUT2D eigenvalue weighted by molar-refractivity contribution is 6.04. The van der Waals surface area contributed by atoms with Crippen molar-refractivity contribution >= 4 is 11.6 Å². The molecule has 0 spiro atoms. The first kappa shape index (κ1) is 13.9. The number of aromatic amines is 1. The molecule has 1 heterocycles. The second kappa shape index (κ2) is 5.77. The van der Waals surface area contributed by atoms with Gasteiger partial charge in [-0.3, -0.25) is 4.79 Å². The van der Waals surface area contributed by atoms with Gasteiger partial charge >= 0.3 is 0 Å². The van der Waals surface area contributed by atoms with Crippen LogP contribution in [0.4, 0.5) is 5.69 Å². The molecule has 0 atom stereocenters. The summed E-state index contributed by atoms with van der Waals surface area (Å²) >= 11 is 0. The molecule has 0 unspecified atom stereocenters. The fraction of sp³-hybridized carbons (Fsp3) is 0.125. The third kappa shape index (κ3) is 2.85. The van der Waals surface area contributed by atoms with E-state index in [4.69, 9.17) is 0 Å². The molecule has 6 nitrogen and oxygen atoms in total. The Balaban J connectivity index is 1.76. The summed E-state index contributed by atoms with van der Waals surface area (Å²) in [5.74, 6) is 0.351. The minimum atomic E-state index is -0.150. The van der Waals surface area contributed by atoms with Crippen LogP contribution in [-0.2, 0) is 0 Å². The van der Waals surface area contributed by atoms with Crippen molar-refractivity contribution in [3.63, 3.8) is 0 Å². The predicted molar refractivity (Wildman–Crippen MR) is 83.5 cm³/mol. The monoisotopic (exact) mass is 293 g/mol. The Morgan fingerprint density at radius 1 is 1.05 bits per heavy atom.